The van der Waals surface area contributed by atoms with Gasteiger partial charge in [0.2, 0.25) is 5.91 Å². The molecule has 0 saturated carbocycles. The van der Waals surface area contributed by atoms with Crippen LogP contribution < -0.4 is 5.32 Å². The first kappa shape index (κ1) is 23.8. The van der Waals surface area contributed by atoms with Crippen LogP contribution in [0.3, 0.4) is 0 Å². The van der Waals surface area contributed by atoms with Gasteiger partial charge in [-0.3, -0.25) is 4.79 Å². The van der Waals surface area contributed by atoms with Gasteiger partial charge in [0.05, 0.1) is 12.2 Å². The molecule has 2 aromatic carbocycles. The third kappa shape index (κ3) is 4.68. The van der Waals surface area contributed by atoms with Gasteiger partial charge in [0, 0.05) is 35.5 Å². The molecule has 1 N–H and O–H groups in total. The van der Waals surface area contributed by atoms with Crippen LogP contribution in [-0.4, -0.2) is 23.1 Å². The number of anilines is 1. The van der Waals surface area contributed by atoms with Crippen LogP contribution in [-0.2, 0) is 23.0 Å². The van der Waals surface area contributed by atoms with E-state index < -0.39 is 5.97 Å². The molecular formula is C27H29N3O3. The predicted molar refractivity (Wildman–Crippen MR) is 130 cm³/mol. The Morgan fingerprint density at radius 3 is 2.27 bits per heavy atom. The van der Waals surface area contributed by atoms with Gasteiger partial charge in [-0.05, 0) is 30.5 Å². The number of nitriles is 1. The van der Waals surface area contributed by atoms with E-state index in [2.05, 4.69) is 11.4 Å². The van der Waals surface area contributed by atoms with E-state index in [4.69, 9.17) is 4.74 Å². The van der Waals surface area contributed by atoms with E-state index >= 15 is 0 Å². The highest BCUT2D eigenvalue weighted by atomic mass is 16.5. The average molecular weight is 444 g/mol. The van der Waals surface area contributed by atoms with Gasteiger partial charge in [-0.1, -0.05) is 63.2 Å². The highest BCUT2D eigenvalue weighted by molar-refractivity contribution is 5.99. The van der Waals surface area contributed by atoms with Gasteiger partial charge in [0.15, 0.2) is 0 Å². The number of benzene rings is 2. The highest BCUT2D eigenvalue weighted by Crippen LogP contribution is 2.35. The molecule has 0 atom stereocenters. The van der Waals surface area contributed by atoms with Crippen molar-refractivity contribution in [1.82, 2.24) is 4.57 Å². The summed E-state index contributed by atoms with van der Waals surface area (Å²) in [5, 5.41) is 12.9. The number of nitrogens with one attached hydrogen (secondary N) is 1. The molecule has 6 nitrogen and oxygen atoms in total. The molecule has 3 aromatic rings. The van der Waals surface area contributed by atoms with Crippen LogP contribution in [0.2, 0.25) is 0 Å². The minimum Gasteiger partial charge on any atom is -0.461 e. The highest BCUT2D eigenvalue weighted by Gasteiger charge is 2.26. The summed E-state index contributed by atoms with van der Waals surface area (Å²) in [4.78, 5) is 25.0. The van der Waals surface area contributed by atoms with Gasteiger partial charge < -0.3 is 14.6 Å². The van der Waals surface area contributed by atoms with Crippen LogP contribution in [0.25, 0.3) is 22.3 Å². The average Bonchev–Trinajstić information content (AvgIpc) is 3.10. The Labute approximate surface area is 194 Å². The van der Waals surface area contributed by atoms with E-state index in [0.29, 0.717) is 23.2 Å². The lowest BCUT2D eigenvalue weighted by Crippen LogP contribution is -2.18. The van der Waals surface area contributed by atoms with E-state index in [0.717, 1.165) is 28.1 Å². The maximum Gasteiger partial charge on any atom is 0.355 e. The molecule has 0 unspecified atom stereocenters. The smallest absolute Gasteiger partial charge is 0.355 e. The van der Waals surface area contributed by atoms with Gasteiger partial charge >= 0.3 is 5.97 Å². The van der Waals surface area contributed by atoms with Gasteiger partial charge in [-0.15, -0.1) is 0 Å². The molecule has 0 aliphatic heterocycles. The summed E-state index contributed by atoms with van der Waals surface area (Å²) in [6.45, 7) is 7.68. The fraction of sp³-hybridized carbons (Fsp3) is 0.296. The Bertz CT molecular complexity index is 1210. The monoisotopic (exact) mass is 443 g/mol. The van der Waals surface area contributed by atoms with Crippen molar-refractivity contribution in [3.63, 3.8) is 0 Å². The molecule has 0 radical (unpaired) electrons. The molecular weight excluding hydrogens is 414 g/mol. The summed E-state index contributed by atoms with van der Waals surface area (Å²) in [5.74, 6) is -0.623. The number of hydrogen-bond donors (Lipinski definition) is 1. The Balaban J connectivity index is 2.09. The normalized spacial score (nSPS) is 10.7. The number of carbonyl (C=O) groups excluding carboxylic acids is 2. The second-order valence-corrected chi connectivity index (χ2v) is 8.06. The lowest BCUT2D eigenvalue weighted by molar-refractivity contribution is -0.118. The van der Waals surface area contributed by atoms with Crippen molar-refractivity contribution in [2.75, 3.05) is 11.9 Å². The molecule has 3 rings (SSSR count). The van der Waals surface area contributed by atoms with Crippen LogP contribution in [0.4, 0.5) is 5.69 Å². The SMILES string of the molecule is CCOC(=O)c1c(-c2ccc(-c3ccccc3NC(=O)C(C)C)cc2)c(C#N)c(CC)n1C. The molecule has 0 fully saturated rings. The first-order valence-electron chi connectivity index (χ1n) is 11.1. The third-order valence-corrected chi connectivity index (χ3v) is 5.63. The van der Waals surface area contributed by atoms with Crippen LogP contribution in [0, 0.1) is 17.2 Å². The van der Waals surface area contributed by atoms with Crippen molar-refractivity contribution >= 4 is 17.6 Å². The van der Waals surface area contributed by atoms with Gasteiger partial charge in [-0.2, -0.15) is 5.26 Å². The van der Waals surface area contributed by atoms with E-state index in [1.807, 2.05) is 69.3 Å². The second kappa shape index (κ2) is 10.2. The Kier molecular flexibility index (Phi) is 7.34. The molecule has 0 bridgehead atoms. The molecule has 170 valence electrons. The molecule has 6 heteroatoms. The van der Waals surface area contributed by atoms with Crippen LogP contribution >= 0.6 is 0 Å². The van der Waals surface area contributed by atoms with Crippen molar-refractivity contribution in [2.45, 2.75) is 34.1 Å². The molecule has 0 aliphatic rings. The lowest BCUT2D eigenvalue weighted by Gasteiger charge is -2.13. The van der Waals surface area contributed by atoms with Crippen molar-refractivity contribution < 1.29 is 14.3 Å². The van der Waals surface area contributed by atoms with E-state index in [1.54, 1.807) is 18.5 Å². The standard InChI is InChI=1S/C27H29N3O3/c1-6-23-21(16-28)24(25(30(23)5)27(32)33-7-2)19-14-12-18(13-15-19)20-10-8-9-11-22(20)29-26(31)17(3)4/h8-15,17H,6-7H2,1-5H3,(H,29,31). The first-order chi connectivity index (χ1) is 15.8. The topological polar surface area (TPSA) is 84.1 Å². The zero-order valence-electron chi connectivity index (χ0n) is 19.7. The lowest BCUT2D eigenvalue weighted by atomic mass is 9.96. The maximum atomic E-state index is 12.8. The molecule has 0 saturated heterocycles. The van der Waals surface area contributed by atoms with Crippen molar-refractivity contribution in [1.29, 1.82) is 5.26 Å². The van der Waals surface area contributed by atoms with Crippen molar-refractivity contribution in [3.05, 3.63) is 65.5 Å². The van der Waals surface area contributed by atoms with E-state index in [-0.39, 0.29) is 18.4 Å². The quantitative estimate of drug-likeness (QED) is 0.484. The molecule has 1 aromatic heterocycles. The van der Waals surface area contributed by atoms with Crippen LogP contribution in [0.1, 0.15) is 49.4 Å². The summed E-state index contributed by atoms with van der Waals surface area (Å²) in [7, 11) is 1.79. The van der Waals surface area contributed by atoms with Gasteiger partial charge in [-0.25, -0.2) is 4.79 Å². The number of nitrogens with zero attached hydrogens (tertiary/aromatic N) is 2. The number of rotatable bonds is 7. The Hall–Kier alpha value is -3.85. The van der Waals surface area contributed by atoms with Crippen LogP contribution in [0.15, 0.2) is 48.5 Å². The number of ether oxygens (including phenoxy) is 1. The van der Waals surface area contributed by atoms with E-state index in [1.165, 1.54) is 0 Å². The fourth-order valence-electron chi connectivity index (χ4n) is 3.92. The fourth-order valence-corrected chi connectivity index (χ4v) is 3.92. The number of carbonyl (C=O) groups is 2. The largest absolute Gasteiger partial charge is 0.461 e. The number of aromatic nitrogens is 1. The van der Waals surface area contributed by atoms with Crippen molar-refractivity contribution in [2.24, 2.45) is 13.0 Å². The zero-order chi connectivity index (χ0) is 24.1. The Morgan fingerprint density at radius 1 is 1.06 bits per heavy atom. The van der Waals surface area contributed by atoms with Crippen molar-refractivity contribution in [3.8, 4) is 28.3 Å². The third-order valence-electron chi connectivity index (χ3n) is 5.63. The summed E-state index contributed by atoms with van der Waals surface area (Å²) in [6.07, 6.45) is 0.618. The first-order valence-corrected chi connectivity index (χ1v) is 11.1. The zero-order valence-corrected chi connectivity index (χ0v) is 19.7. The van der Waals surface area contributed by atoms with E-state index in [9.17, 15) is 14.9 Å². The molecule has 0 aliphatic carbocycles. The number of hydrogen-bond acceptors (Lipinski definition) is 4. The second-order valence-electron chi connectivity index (χ2n) is 8.06. The molecule has 33 heavy (non-hydrogen) atoms. The maximum absolute atomic E-state index is 12.8. The number of amides is 1. The molecule has 1 amide bonds. The minimum absolute atomic E-state index is 0.0480. The molecule has 0 spiro atoms. The summed E-state index contributed by atoms with van der Waals surface area (Å²) < 4.78 is 7.04. The van der Waals surface area contributed by atoms with Crippen LogP contribution in [0.5, 0.6) is 0 Å². The summed E-state index contributed by atoms with van der Waals surface area (Å²) in [5.41, 5.74) is 5.56. The van der Waals surface area contributed by atoms with Gasteiger partial charge in [0.25, 0.3) is 0 Å². The molecule has 1 heterocycles. The number of para-hydroxylation sites is 1. The Morgan fingerprint density at radius 2 is 1.70 bits per heavy atom. The summed E-state index contributed by atoms with van der Waals surface area (Å²) in [6, 6.07) is 17.6. The van der Waals surface area contributed by atoms with Gasteiger partial charge in [0.1, 0.15) is 11.8 Å². The summed E-state index contributed by atoms with van der Waals surface area (Å²) >= 11 is 0. The number of esters is 1. The predicted octanol–water partition coefficient (Wildman–Crippen LogP) is 5.56. The minimum atomic E-state index is -0.447.